The molecule has 2 N–H and O–H groups in total. The first kappa shape index (κ1) is 19.0. The topological polar surface area (TPSA) is 54.9 Å². The van der Waals surface area contributed by atoms with Crippen molar-refractivity contribution in [3.63, 3.8) is 0 Å². The minimum absolute atomic E-state index is 0.0689. The number of hydrogen-bond donors (Lipinski definition) is 2. The summed E-state index contributed by atoms with van der Waals surface area (Å²) in [5.74, 6) is 2.09. The predicted molar refractivity (Wildman–Crippen MR) is 101 cm³/mol. The molecule has 6 heteroatoms. The van der Waals surface area contributed by atoms with Gasteiger partial charge in [-0.3, -0.25) is 4.99 Å². The maximum atomic E-state index is 14.2. The highest BCUT2D eigenvalue weighted by atomic mass is 19.1. The smallest absolute Gasteiger partial charge is 0.191 e. The highest BCUT2D eigenvalue weighted by molar-refractivity contribution is 5.80. The minimum Gasteiger partial charge on any atom is -0.490 e. The van der Waals surface area contributed by atoms with Crippen LogP contribution in [0.15, 0.2) is 23.2 Å². The Hall–Kier alpha value is -1.82. The van der Waals surface area contributed by atoms with E-state index in [2.05, 4.69) is 15.6 Å². The zero-order valence-corrected chi connectivity index (χ0v) is 15.8. The molecule has 2 aliphatic rings. The molecule has 1 unspecified atom stereocenters. The van der Waals surface area contributed by atoms with Gasteiger partial charge in [0.15, 0.2) is 17.5 Å². The highest BCUT2D eigenvalue weighted by Crippen LogP contribution is 2.30. The summed E-state index contributed by atoms with van der Waals surface area (Å²) in [6, 6.07) is 5.08. The second kappa shape index (κ2) is 9.21. The zero-order chi connectivity index (χ0) is 18.4. The van der Waals surface area contributed by atoms with E-state index in [0.717, 1.165) is 18.1 Å². The number of guanidine groups is 1. The molecule has 2 saturated carbocycles. The van der Waals surface area contributed by atoms with Crippen LogP contribution in [-0.4, -0.2) is 39.4 Å². The van der Waals surface area contributed by atoms with Gasteiger partial charge in [0.2, 0.25) is 0 Å². The van der Waals surface area contributed by atoms with E-state index >= 15 is 0 Å². The van der Waals surface area contributed by atoms with Crippen molar-refractivity contribution < 1.29 is 13.9 Å². The van der Waals surface area contributed by atoms with Crippen molar-refractivity contribution in [2.45, 2.75) is 38.6 Å². The molecule has 0 bridgehead atoms. The number of hydrogen-bond acceptors (Lipinski definition) is 3. The Morgan fingerprint density at radius 1 is 1.23 bits per heavy atom. The van der Waals surface area contributed by atoms with Crippen molar-refractivity contribution in [1.29, 1.82) is 0 Å². The van der Waals surface area contributed by atoms with Crippen LogP contribution in [0.5, 0.6) is 5.75 Å². The van der Waals surface area contributed by atoms with E-state index in [0.29, 0.717) is 37.4 Å². The molecule has 2 aliphatic carbocycles. The maximum Gasteiger partial charge on any atom is 0.191 e. The molecule has 0 radical (unpaired) electrons. The standard InChI is InChI=1S/C20H30FN3O2/c1-14(24-20(22-2)23-9-10-25-12-15-3-4-15)17-7-8-19(18(21)11-17)26-13-16-5-6-16/h7-8,11,14-16H,3-6,9-10,12-13H2,1-2H3,(H2,22,23,24). The Morgan fingerprint density at radius 2 is 1.96 bits per heavy atom. The molecule has 1 atom stereocenters. The summed E-state index contributed by atoms with van der Waals surface area (Å²) in [6.45, 7) is 4.81. The third kappa shape index (κ3) is 6.16. The largest absolute Gasteiger partial charge is 0.490 e. The SMILES string of the molecule is CN=C(NCCOCC1CC1)NC(C)c1ccc(OCC2CC2)c(F)c1. The van der Waals surface area contributed by atoms with Crippen molar-refractivity contribution in [2.24, 2.45) is 16.8 Å². The Balaban J connectivity index is 1.42. The van der Waals surface area contributed by atoms with Crippen LogP contribution in [0.2, 0.25) is 0 Å². The average molecular weight is 363 g/mol. The molecule has 0 saturated heterocycles. The summed E-state index contributed by atoms with van der Waals surface area (Å²) in [4.78, 5) is 4.21. The van der Waals surface area contributed by atoms with Gasteiger partial charge >= 0.3 is 0 Å². The van der Waals surface area contributed by atoms with Gasteiger partial charge in [-0.2, -0.15) is 0 Å². The summed E-state index contributed by atoms with van der Waals surface area (Å²) >= 11 is 0. The van der Waals surface area contributed by atoms with E-state index < -0.39 is 0 Å². The molecule has 144 valence electrons. The summed E-state index contributed by atoms with van der Waals surface area (Å²) in [5.41, 5.74) is 0.856. The van der Waals surface area contributed by atoms with Gasteiger partial charge in [0.1, 0.15) is 0 Å². The van der Waals surface area contributed by atoms with E-state index in [1.165, 1.54) is 31.7 Å². The van der Waals surface area contributed by atoms with Crippen LogP contribution >= 0.6 is 0 Å². The van der Waals surface area contributed by atoms with Gasteiger partial charge in [-0.1, -0.05) is 6.07 Å². The number of rotatable bonds is 10. The van der Waals surface area contributed by atoms with Crippen molar-refractivity contribution >= 4 is 5.96 Å². The number of nitrogens with one attached hydrogen (secondary N) is 2. The monoisotopic (exact) mass is 363 g/mol. The molecular formula is C20H30FN3O2. The summed E-state index contributed by atoms with van der Waals surface area (Å²) in [7, 11) is 1.72. The van der Waals surface area contributed by atoms with Crippen LogP contribution in [0.4, 0.5) is 4.39 Å². The van der Waals surface area contributed by atoms with E-state index in [9.17, 15) is 4.39 Å². The van der Waals surface area contributed by atoms with Crippen LogP contribution in [0.3, 0.4) is 0 Å². The molecule has 5 nitrogen and oxygen atoms in total. The van der Waals surface area contributed by atoms with Crippen LogP contribution < -0.4 is 15.4 Å². The number of aliphatic imine (C=N–C) groups is 1. The van der Waals surface area contributed by atoms with E-state index in [1.807, 2.05) is 13.0 Å². The van der Waals surface area contributed by atoms with Crippen molar-refractivity contribution in [1.82, 2.24) is 10.6 Å². The molecule has 0 amide bonds. The Labute approximate surface area is 155 Å². The van der Waals surface area contributed by atoms with Crippen molar-refractivity contribution in [3.8, 4) is 5.75 Å². The molecule has 1 aromatic carbocycles. The third-order valence-electron chi connectivity index (χ3n) is 4.79. The van der Waals surface area contributed by atoms with Crippen LogP contribution in [0.1, 0.15) is 44.2 Å². The molecule has 26 heavy (non-hydrogen) atoms. The molecule has 0 aliphatic heterocycles. The van der Waals surface area contributed by atoms with Crippen molar-refractivity contribution in [3.05, 3.63) is 29.6 Å². The van der Waals surface area contributed by atoms with Crippen LogP contribution in [0.25, 0.3) is 0 Å². The number of halogens is 1. The lowest BCUT2D eigenvalue weighted by molar-refractivity contribution is 0.129. The maximum absolute atomic E-state index is 14.2. The Morgan fingerprint density at radius 3 is 2.62 bits per heavy atom. The Kier molecular flexibility index (Phi) is 6.72. The number of ether oxygens (including phenoxy) is 2. The quantitative estimate of drug-likeness (QED) is 0.381. The van der Waals surface area contributed by atoms with Gasteiger partial charge in [-0.25, -0.2) is 4.39 Å². The highest BCUT2D eigenvalue weighted by Gasteiger charge is 2.23. The minimum atomic E-state index is -0.312. The lowest BCUT2D eigenvalue weighted by atomic mass is 10.1. The van der Waals surface area contributed by atoms with Gasteiger partial charge in [-0.15, -0.1) is 0 Å². The second-order valence-corrected chi connectivity index (χ2v) is 7.33. The van der Waals surface area contributed by atoms with E-state index in [-0.39, 0.29) is 11.9 Å². The number of nitrogens with zero attached hydrogens (tertiary/aromatic N) is 1. The first-order valence-electron chi connectivity index (χ1n) is 9.63. The molecule has 0 heterocycles. The molecule has 3 rings (SSSR count). The predicted octanol–water partition coefficient (Wildman–Crippen LogP) is 3.27. The lowest BCUT2D eigenvalue weighted by Crippen LogP contribution is -2.40. The molecule has 1 aromatic rings. The van der Waals surface area contributed by atoms with Gasteiger partial charge in [0.05, 0.1) is 19.3 Å². The van der Waals surface area contributed by atoms with Gasteiger partial charge in [0, 0.05) is 20.2 Å². The van der Waals surface area contributed by atoms with Gasteiger partial charge in [-0.05, 0) is 62.1 Å². The fraction of sp³-hybridized carbons (Fsp3) is 0.650. The van der Waals surface area contributed by atoms with Crippen LogP contribution in [0, 0.1) is 17.7 Å². The fourth-order valence-corrected chi connectivity index (χ4v) is 2.65. The first-order valence-corrected chi connectivity index (χ1v) is 9.63. The van der Waals surface area contributed by atoms with Crippen LogP contribution in [-0.2, 0) is 4.74 Å². The average Bonchev–Trinajstić information content (AvgIpc) is 3.54. The van der Waals surface area contributed by atoms with Gasteiger partial charge in [0.25, 0.3) is 0 Å². The zero-order valence-electron chi connectivity index (χ0n) is 15.8. The molecular weight excluding hydrogens is 333 g/mol. The fourth-order valence-electron chi connectivity index (χ4n) is 2.65. The molecule has 0 spiro atoms. The number of benzene rings is 1. The second-order valence-electron chi connectivity index (χ2n) is 7.33. The molecule has 0 aromatic heterocycles. The van der Waals surface area contributed by atoms with E-state index in [1.54, 1.807) is 13.1 Å². The molecule has 2 fully saturated rings. The van der Waals surface area contributed by atoms with Gasteiger partial charge < -0.3 is 20.1 Å². The summed E-state index contributed by atoms with van der Waals surface area (Å²) in [6.07, 6.45) is 4.99. The summed E-state index contributed by atoms with van der Waals surface area (Å²) < 4.78 is 25.4. The van der Waals surface area contributed by atoms with Crippen molar-refractivity contribution in [2.75, 3.05) is 33.4 Å². The Bertz CT molecular complexity index is 615. The van der Waals surface area contributed by atoms with E-state index in [4.69, 9.17) is 9.47 Å². The third-order valence-corrected chi connectivity index (χ3v) is 4.79. The lowest BCUT2D eigenvalue weighted by Gasteiger charge is -2.19. The summed E-state index contributed by atoms with van der Waals surface area (Å²) in [5, 5.41) is 6.50. The first-order chi connectivity index (χ1) is 12.7. The normalized spacial score (nSPS) is 18.5.